The highest BCUT2D eigenvalue weighted by Crippen LogP contribution is 2.61. The van der Waals surface area contributed by atoms with Gasteiger partial charge in [0.15, 0.2) is 0 Å². The lowest BCUT2D eigenvalue weighted by Gasteiger charge is -2.42. The molecule has 0 aromatic rings. The number of esters is 1. The fourth-order valence-electron chi connectivity index (χ4n) is 5.26. The molecule has 1 spiro atoms. The number of hydrogen-bond donors (Lipinski definition) is 0. The highest BCUT2D eigenvalue weighted by Gasteiger charge is 2.63. The monoisotopic (exact) mass is 280 g/mol. The van der Waals surface area contributed by atoms with Crippen molar-refractivity contribution in [3.63, 3.8) is 0 Å². The van der Waals surface area contributed by atoms with Crippen LogP contribution < -0.4 is 0 Å². The first-order valence-corrected chi connectivity index (χ1v) is 8.13. The summed E-state index contributed by atoms with van der Waals surface area (Å²) in [6, 6.07) is 0. The summed E-state index contributed by atoms with van der Waals surface area (Å²) < 4.78 is 12.3. The predicted octanol–water partition coefficient (Wildman–Crippen LogP) is 3.56. The summed E-state index contributed by atoms with van der Waals surface area (Å²) in [6.45, 7) is 10.6. The van der Waals surface area contributed by atoms with E-state index in [4.69, 9.17) is 9.47 Å². The van der Waals surface area contributed by atoms with Crippen molar-refractivity contribution in [2.75, 3.05) is 0 Å². The minimum atomic E-state index is -0.140. The van der Waals surface area contributed by atoms with E-state index in [2.05, 4.69) is 27.7 Å². The number of ether oxygens (including phenoxy) is 2. The molecule has 0 aromatic carbocycles. The first-order valence-electron chi connectivity index (χ1n) is 8.13. The van der Waals surface area contributed by atoms with Crippen LogP contribution in [0, 0.1) is 23.7 Å². The molecule has 3 aliphatic rings. The fraction of sp³-hybridized carbons (Fsp3) is 0.941. The summed E-state index contributed by atoms with van der Waals surface area (Å²) in [5, 5.41) is 0. The van der Waals surface area contributed by atoms with Crippen molar-refractivity contribution in [2.24, 2.45) is 23.7 Å². The third-order valence-electron chi connectivity index (χ3n) is 6.43. The lowest BCUT2D eigenvalue weighted by molar-refractivity contribution is -0.173. The Labute approximate surface area is 122 Å². The van der Waals surface area contributed by atoms with Gasteiger partial charge in [-0.1, -0.05) is 13.8 Å². The van der Waals surface area contributed by atoms with Gasteiger partial charge in [0.25, 0.3) is 0 Å². The van der Waals surface area contributed by atoms with Crippen LogP contribution in [0.1, 0.15) is 60.3 Å². The largest absolute Gasteiger partial charge is 0.462 e. The molecule has 20 heavy (non-hydrogen) atoms. The molecular formula is C17H28O3. The van der Waals surface area contributed by atoms with Crippen molar-refractivity contribution < 1.29 is 14.3 Å². The summed E-state index contributed by atoms with van der Waals surface area (Å²) in [7, 11) is 0. The molecule has 1 heterocycles. The smallest absolute Gasteiger partial charge is 0.302 e. The fourth-order valence-corrected chi connectivity index (χ4v) is 5.26. The zero-order valence-electron chi connectivity index (χ0n) is 13.4. The van der Waals surface area contributed by atoms with Crippen LogP contribution in [0.15, 0.2) is 0 Å². The van der Waals surface area contributed by atoms with Crippen molar-refractivity contribution in [3.8, 4) is 0 Å². The summed E-state index contributed by atoms with van der Waals surface area (Å²) in [5.74, 6) is 1.92. The van der Waals surface area contributed by atoms with Crippen molar-refractivity contribution in [1.29, 1.82) is 0 Å². The molecule has 1 saturated heterocycles. The van der Waals surface area contributed by atoms with Crippen LogP contribution in [0.2, 0.25) is 0 Å². The van der Waals surface area contributed by atoms with E-state index >= 15 is 0 Å². The van der Waals surface area contributed by atoms with Gasteiger partial charge in [-0.2, -0.15) is 0 Å². The maximum atomic E-state index is 11.4. The van der Waals surface area contributed by atoms with Crippen molar-refractivity contribution in [2.45, 2.75) is 77.6 Å². The molecule has 0 aromatic heterocycles. The summed E-state index contributed by atoms with van der Waals surface area (Å²) >= 11 is 0. The van der Waals surface area contributed by atoms with Crippen LogP contribution >= 0.6 is 0 Å². The molecule has 0 amide bonds. The molecule has 2 saturated carbocycles. The Bertz CT molecular complexity index is 416. The van der Waals surface area contributed by atoms with E-state index < -0.39 is 0 Å². The summed E-state index contributed by atoms with van der Waals surface area (Å²) in [6.07, 6.45) is 4.62. The Morgan fingerprint density at radius 3 is 2.60 bits per heavy atom. The first-order chi connectivity index (χ1) is 9.26. The molecule has 114 valence electrons. The molecule has 0 radical (unpaired) electrons. The van der Waals surface area contributed by atoms with Gasteiger partial charge in [-0.15, -0.1) is 0 Å². The van der Waals surface area contributed by atoms with E-state index in [9.17, 15) is 4.79 Å². The van der Waals surface area contributed by atoms with Gasteiger partial charge in [-0.3, -0.25) is 4.79 Å². The molecular weight excluding hydrogens is 252 g/mol. The van der Waals surface area contributed by atoms with Gasteiger partial charge >= 0.3 is 5.97 Å². The van der Waals surface area contributed by atoms with Gasteiger partial charge in [0, 0.05) is 6.92 Å². The Balaban J connectivity index is 1.96. The van der Waals surface area contributed by atoms with Crippen LogP contribution in [0.5, 0.6) is 0 Å². The van der Waals surface area contributed by atoms with E-state index in [0.29, 0.717) is 23.7 Å². The normalized spacial score (nSPS) is 49.5. The molecule has 3 nitrogen and oxygen atoms in total. The highest BCUT2D eigenvalue weighted by molar-refractivity contribution is 5.66. The molecule has 0 N–H and O–H groups in total. The third kappa shape index (κ3) is 1.93. The van der Waals surface area contributed by atoms with Crippen LogP contribution in [0.3, 0.4) is 0 Å². The molecule has 6 atom stereocenters. The maximum absolute atomic E-state index is 11.4. The van der Waals surface area contributed by atoms with Crippen molar-refractivity contribution >= 4 is 5.97 Å². The quantitative estimate of drug-likeness (QED) is 0.689. The van der Waals surface area contributed by atoms with Gasteiger partial charge in [0.05, 0.1) is 11.2 Å². The van der Waals surface area contributed by atoms with Crippen LogP contribution in [-0.4, -0.2) is 23.3 Å². The molecule has 3 fully saturated rings. The Hall–Kier alpha value is -0.570. The second kappa shape index (κ2) is 4.46. The van der Waals surface area contributed by atoms with Gasteiger partial charge in [0.1, 0.15) is 6.10 Å². The summed E-state index contributed by atoms with van der Waals surface area (Å²) in [5.41, 5.74) is -0.0577. The van der Waals surface area contributed by atoms with Gasteiger partial charge < -0.3 is 9.47 Å². The topological polar surface area (TPSA) is 35.5 Å². The zero-order chi connectivity index (χ0) is 14.7. The van der Waals surface area contributed by atoms with E-state index in [1.807, 2.05) is 0 Å². The number of carbonyl (C=O) groups is 1. The third-order valence-corrected chi connectivity index (χ3v) is 6.43. The number of fused-ring (bicyclic) bond motifs is 1. The standard InChI is InChI=1S/C17H28O3/c1-10-6-7-14-11(2)15(19-12(3)18)8-13-9-17(10,14)20-16(13,4)5/h10-11,13-15H,6-9H2,1-5H3/t10-,11-,13-,14-,15+,17+/m1/s1. The number of carbonyl (C=O) groups excluding carboxylic acids is 1. The molecule has 3 heteroatoms. The predicted molar refractivity (Wildman–Crippen MR) is 77.2 cm³/mol. The number of rotatable bonds is 1. The van der Waals surface area contributed by atoms with Gasteiger partial charge in [-0.25, -0.2) is 0 Å². The molecule has 0 unspecified atom stereocenters. The average molecular weight is 280 g/mol. The van der Waals surface area contributed by atoms with E-state index in [1.54, 1.807) is 0 Å². The average Bonchev–Trinajstić information content (AvgIpc) is 2.72. The summed E-state index contributed by atoms with van der Waals surface area (Å²) in [4.78, 5) is 11.4. The molecule has 2 aliphatic carbocycles. The van der Waals surface area contributed by atoms with Crippen LogP contribution in [0.25, 0.3) is 0 Å². The van der Waals surface area contributed by atoms with E-state index in [0.717, 1.165) is 12.8 Å². The number of hydrogen-bond acceptors (Lipinski definition) is 3. The molecule has 1 aliphatic heterocycles. The van der Waals surface area contributed by atoms with Gasteiger partial charge in [-0.05, 0) is 63.2 Å². The van der Waals surface area contributed by atoms with Crippen LogP contribution in [-0.2, 0) is 14.3 Å². The Morgan fingerprint density at radius 1 is 1.25 bits per heavy atom. The second-order valence-corrected chi connectivity index (χ2v) is 7.89. The zero-order valence-corrected chi connectivity index (χ0v) is 13.4. The lowest BCUT2D eigenvalue weighted by atomic mass is 9.76. The SMILES string of the molecule is CC(=O)O[C@H]1C[C@@H]2C[C@]3(OC2(C)C)[C@H](C)CC[C@@H]3[C@H]1C. The minimum Gasteiger partial charge on any atom is -0.462 e. The van der Waals surface area contributed by atoms with Crippen molar-refractivity contribution in [3.05, 3.63) is 0 Å². The Kier molecular flexibility index (Phi) is 3.20. The van der Waals surface area contributed by atoms with Crippen LogP contribution in [0.4, 0.5) is 0 Å². The van der Waals surface area contributed by atoms with E-state index in [1.165, 1.54) is 19.8 Å². The van der Waals surface area contributed by atoms with Crippen molar-refractivity contribution in [1.82, 2.24) is 0 Å². The minimum absolute atomic E-state index is 0.0302. The Morgan fingerprint density at radius 2 is 1.95 bits per heavy atom. The maximum Gasteiger partial charge on any atom is 0.302 e. The lowest BCUT2D eigenvalue weighted by Crippen LogP contribution is -2.47. The molecule has 2 bridgehead atoms. The van der Waals surface area contributed by atoms with Gasteiger partial charge in [0.2, 0.25) is 0 Å². The van der Waals surface area contributed by atoms with E-state index in [-0.39, 0.29) is 23.3 Å². The first kappa shape index (κ1) is 14.4. The molecule has 3 rings (SSSR count). The highest BCUT2D eigenvalue weighted by atomic mass is 16.5. The second-order valence-electron chi connectivity index (χ2n) is 7.89.